The van der Waals surface area contributed by atoms with Crippen molar-refractivity contribution in [1.29, 1.82) is 0 Å². The number of rotatable bonds is 2. The lowest BCUT2D eigenvalue weighted by molar-refractivity contribution is 0.425. The van der Waals surface area contributed by atoms with Crippen molar-refractivity contribution >= 4 is 12.6 Å². The van der Waals surface area contributed by atoms with E-state index in [1.165, 1.54) is 12.4 Å². The Bertz CT molecular complexity index is 250. The summed E-state index contributed by atoms with van der Waals surface area (Å²) < 4.78 is 0. The van der Waals surface area contributed by atoms with Crippen molar-refractivity contribution in [3.05, 3.63) is 18.2 Å². The van der Waals surface area contributed by atoms with Crippen LogP contribution in [0.2, 0.25) is 0 Å². The molecule has 1 aromatic rings. The number of aromatic nitrogens is 2. The normalized spacial score (nSPS) is 16.2. The van der Waals surface area contributed by atoms with Gasteiger partial charge in [-0.1, -0.05) is 0 Å². The first-order valence-electron chi connectivity index (χ1n) is 3.95. The standard InChI is InChI=1S/C7H9BN2O2/c11-8(12)6-3-9-7(10-4-6)5-1-2-5/h3-5,11-12H,1-2H2. The first-order valence-corrected chi connectivity index (χ1v) is 3.95. The molecule has 1 aliphatic carbocycles. The first-order chi connectivity index (χ1) is 5.77. The summed E-state index contributed by atoms with van der Waals surface area (Å²) in [5.41, 5.74) is 0.347. The highest BCUT2D eigenvalue weighted by Gasteiger charge is 2.26. The molecule has 5 heteroatoms. The van der Waals surface area contributed by atoms with E-state index in [9.17, 15) is 0 Å². The van der Waals surface area contributed by atoms with Crippen molar-refractivity contribution < 1.29 is 10.0 Å². The number of hydrogen-bond donors (Lipinski definition) is 2. The molecular formula is C7H9BN2O2. The Morgan fingerprint density at radius 1 is 1.25 bits per heavy atom. The minimum atomic E-state index is -1.46. The van der Waals surface area contributed by atoms with Crippen LogP contribution in [0.25, 0.3) is 0 Å². The molecule has 12 heavy (non-hydrogen) atoms. The van der Waals surface area contributed by atoms with Crippen molar-refractivity contribution in [3.8, 4) is 0 Å². The number of nitrogens with zero attached hydrogens (tertiary/aromatic N) is 2. The van der Waals surface area contributed by atoms with E-state index >= 15 is 0 Å². The molecule has 4 nitrogen and oxygen atoms in total. The van der Waals surface area contributed by atoms with Crippen LogP contribution >= 0.6 is 0 Å². The zero-order chi connectivity index (χ0) is 8.55. The first kappa shape index (κ1) is 7.70. The Balaban J connectivity index is 2.18. The Kier molecular flexibility index (Phi) is 1.82. The molecule has 0 aromatic carbocycles. The minimum Gasteiger partial charge on any atom is -0.423 e. The van der Waals surface area contributed by atoms with E-state index < -0.39 is 7.12 Å². The van der Waals surface area contributed by atoms with Gasteiger partial charge in [0.1, 0.15) is 5.82 Å². The quantitative estimate of drug-likeness (QED) is 0.552. The van der Waals surface area contributed by atoms with Crippen LogP contribution in [0.4, 0.5) is 0 Å². The largest absolute Gasteiger partial charge is 0.491 e. The van der Waals surface area contributed by atoms with Crippen molar-refractivity contribution in [2.45, 2.75) is 18.8 Å². The van der Waals surface area contributed by atoms with Gasteiger partial charge in [-0.25, -0.2) is 9.97 Å². The second-order valence-electron chi connectivity index (χ2n) is 3.02. The third-order valence-electron chi connectivity index (χ3n) is 1.93. The van der Waals surface area contributed by atoms with Crippen LogP contribution in [-0.2, 0) is 0 Å². The molecule has 2 rings (SSSR count). The highest BCUT2D eigenvalue weighted by Crippen LogP contribution is 2.37. The topological polar surface area (TPSA) is 66.2 Å². The summed E-state index contributed by atoms with van der Waals surface area (Å²) >= 11 is 0. The smallest absolute Gasteiger partial charge is 0.423 e. The molecular weight excluding hydrogens is 155 g/mol. The highest BCUT2D eigenvalue weighted by molar-refractivity contribution is 6.58. The third kappa shape index (κ3) is 1.46. The number of hydrogen-bond acceptors (Lipinski definition) is 4. The van der Waals surface area contributed by atoms with E-state index in [1.54, 1.807) is 0 Å². The summed E-state index contributed by atoms with van der Waals surface area (Å²) in [6.45, 7) is 0. The maximum atomic E-state index is 8.74. The Hall–Kier alpha value is -0.935. The lowest BCUT2D eigenvalue weighted by Crippen LogP contribution is -2.30. The summed E-state index contributed by atoms with van der Waals surface area (Å²) in [6.07, 6.45) is 5.23. The van der Waals surface area contributed by atoms with E-state index in [0.717, 1.165) is 18.7 Å². The van der Waals surface area contributed by atoms with E-state index in [-0.39, 0.29) is 0 Å². The van der Waals surface area contributed by atoms with Gasteiger partial charge in [0.25, 0.3) is 0 Å². The summed E-state index contributed by atoms with van der Waals surface area (Å²) in [5.74, 6) is 1.33. The van der Waals surface area contributed by atoms with Gasteiger partial charge in [0.2, 0.25) is 0 Å². The van der Waals surface area contributed by atoms with Crippen molar-refractivity contribution in [2.24, 2.45) is 0 Å². The van der Waals surface area contributed by atoms with Crippen LogP contribution in [0.1, 0.15) is 24.6 Å². The van der Waals surface area contributed by atoms with Gasteiger partial charge in [0.05, 0.1) is 0 Å². The predicted molar refractivity (Wildman–Crippen MR) is 43.8 cm³/mol. The molecule has 0 amide bonds. The fraction of sp³-hybridized carbons (Fsp3) is 0.429. The molecule has 0 bridgehead atoms. The molecule has 0 aliphatic heterocycles. The molecule has 1 saturated carbocycles. The van der Waals surface area contributed by atoms with Crippen LogP contribution in [0.15, 0.2) is 12.4 Å². The van der Waals surface area contributed by atoms with Crippen molar-refractivity contribution in [3.63, 3.8) is 0 Å². The molecule has 0 atom stereocenters. The summed E-state index contributed by atoms with van der Waals surface area (Å²) in [6, 6.07) is 0. The molecule has 0 spiro atoms. The maximum absolute atomic E-state index is 8.74. The van der Waals surface area contributed by atoms with E-state index in [4.69, 9.17) is 10.0 Å². The van der Waals surface area contributed by atoms with Gasteiger partial charge in [-0.15, -0.1) is 0 Å². The Labute approximate surface area is 70.4 Å². The van der Waals surface area contributed by atoms with E-state index in [2.05, 4.69) is 9.97 Å². The average molecular weight is 164 g/mol. The average Bonchev–Trinajstić information content (AvgIpc) is 2.87. The molecule has 0 radical (unpaired) electrons. The van der Waals surface area contributed by atoms with Crippen molar-refractivity contribution in [1.82, 2.24) is 9.97 Å². The second-order valence-corrected chi connectivity index (χ2v) is 3.02. The lowest BCUT2D eigenvalue weighted by atomic mass is 9.83. The third-order valence-corrected chi connectivity index (χ3v) is 1.93. The zero-order valence-electron chi connectivity index (χ0n) is 6.51. The molecule has 1 heterocycles. The lowest BCUT2D eigenvalue weighted by Gasteiger charge is -1.98. The Morgan fingerprint density at radius 2 is 1.83 bits per heavy atom. The van der Waals surface area contributed by atoms with Crippen LogP contribution in [0, 0.1) is 0 Å². The van der Waals surface area contributed by atoms with Gasteiger partial charge in [0.15, 0.2) is 0 Å². The van der Waals surface area contributed by atoms with Crippen molar-refractivity contribution in [2.75, 3.05) is 0 Å². The van der Waals surface area contributed by atoms with Crippen LogP contribution in [0.5, 0.6) is 0 Å². The molecule has 0 unspecified atom stereocenters. The van der Waals surface area contributed by atoms with Gasteiger partial charge in [0, 0.05) is 23.8 Å². The second kappa shape index (κ2) is 2.84. The summed E-state index contributed by atoms with van der Waals surface area (Å²) in [4.78, 5) is 8.06. The van der Waals surface area contributed by atoms with Crippen LogP contribution in [-0.4, -0.2) is 27.1 Å². The van der Waals surface area contributed by atoms with E-state index in [1.807, 2.05) is 0 Å². The zero-order valence-corrected chi connectivity index (χ0v) is 6.51. The van der Waals surface area contributed by atoms with Gasteiger partial charge in [-0.05, 0) is 12.8 Å². The molecule has 2 N–H and O–H groups in total. The van der Waals surface area contributed by atoms with Gasteiger partial charge >= 0.3 is 7.12 Å². The predicted octanol–water partition coefficient (Wildman–Crippen LogP) is -0.966. The minimum absolute atomic E-state index is 0.347. The van der Waals surface area contributed by atoms with Gasteiger partial charge < -0.3 is 10.0 Å². The monoisotopic (exact) mass is 164 g/mol. The molecule has 1 aliphatic rings. The molecule has 62 valence electrons. The molecule has 1 aromatic heterocycles. The van der Waals surface area contributed by atoms with Gasteiger partial charge in [-0.2, -0.15) is 0 Å². The van der Waals surface area contributed by atoms with E-state index in [0.29, 0.717) is 11.4 Å². The van der Waals surface area contributed by atoms with Crippen LogP contribution in [0.3, 0.4) is 0 Å². The van der Waals surface area contributed by atoms with Crippen LogP contribution < -0.4 is 5.46 Å². The fourth-order valence-electron chi connectivity index (χ4n) is 1.03. The Morgan fingerprint density at radius 3 is 2.25 bits per heavy atom. The molecule has 0 saturated heterocycles. The highest BCUT2D eigenvalue weighted by atomic mass is 16.4. The SMILES string of the molecule is OB(O)c1cnc(C2CC2)nc1. The molecule has 1 fully saturated rings. The fourth-order valence-corrected chi connectivity index (χ4v) is 1.03. The maximum Gasteiger partial charge on any atom is 0.491 e. The summed E-state index contributed by atoms with van der Waals surface area (Å²) in [5, 5.41) is 17.5. The van der Waals surface area contributed by atoms with Gasteiger partial charge in [-0.3, -0.25) is 0 Å². The summed E-state index contributed by atoms with van der Waals surface area (Å²) in [7, 11) is -1.46.